The van der Waals surface area contributed by atoms with E-state index in [1.807, 2.05) is 0 Å². The van der Waals surface area contributed by atoms with E-state index < -0.39 is 24.6 Å². The van der Waals surface area contributed by atoms with Crippen molar-refractivity contribution >= 4 is 5.91 Å². The third-order valence-electron chi connectivity index (χ3n) is 2.90. The first-order chi connectivity index (χ1) is 10.7. The number of carbonyl (C=O) groups is 1. The number of rotatable bonds is 6. The lowest BCUT2D eigenvalue weighted by Crippen LogP contribution is -2.19. The molecule has 2 rings (SSSR count). The summed E-state index contributed by atoms with van der Waals surface area (Å²) in [6, 6.07) is 2.81. The summed E-state index contributed by atoms with van der Waals surface area (Å²) in [5, 5.41) is 7.70. The largest absolute Gasteiger partial charge is 0.483 e. The Hall–Kier alpha value is -2.65. The minimum Gasteiger partial charge on any atom is -0.483 e. The summed E-state index contributed by atoms with van der Waals surface area (Å²) in [4.78, 5) is 15.3. The van der Waals surface area contributed by atoms with Crippen LogP contribution >= 0.6 is 0 Å². The first kappa shape index (κ1) is 16.7. The number of halogens is 3. The van der Waals surface area contributed by atoms with E-state index in [9.17, 15) is 18.0 Å². The topological polar surface area (TPSA) is 95.9 Å². The van der Waals surface area contributed by atoms with E-state index >= 15 is 0 Å². The zero-order valence-corrected chi connectivity index (χ0v) is 12.1. The lowest BCUT2D eigenvalue weighted by molar-refractivity contribution is -0.153. The van der Waals surface area contributed by atoms with E-state index in [2.05, 4.69) is 20.0 Å². The molecule has 124 valence electrons. The van der Waals surface area contributed by atoms with Crippen molar-refractivity contribution in [1.82, 2.24) is 20.0 Å². The highest BCUT2D eigenvalue weighted by atomic mass is 19.4. The van der Waals surface area contributed by atoms with Crippen LogP contribution in [-0.2, 0) is 11.8 Å². The van der Waals surface area contributed by atoms with Gasteiger partial charge in [-0.3, -0.25) is 14.5 Å². The number of amides is 1. The van der Waals surface area contributed by atoms with Crippen molar-refractivity contribution in [2.75, 3.05) is 6.61 Å². The molecular weight excluding hydrogens is 315 g/mol. The van der Waals surface area contributed by atoms with Crippen molar-refractivity contribution in [2.45, 2.75) is 18.5 Å². The monoisotopic (exact) mass is 329 g/mol. The van der Waals surface area contributed by atoms with Crippen LogP contribution < -0.4 is 10.5 Å². The van der Waals surface area contributed by atoms with Gasteiger partial charge in [-0.05, 0) is 12.1 Å². The average molecular weight is 329 g/mol. The number of alkyl halides is 3. The normalized spacial score (nSPS) is 12.9. The predicted octanol–water partition coefficient (Wildman–Crippen LogP) is 1.16. The molecule has 0 bridgehead atoms. The molecule has 1 atom stereocenters. The van der Waals surface area contributed by atoms with Gasteiger partial charge in [0.05, 0.1) is 23.5 Å². The van der Waals surface area contributed by atoms with Crippen LogP contribution in [-0.4, -0.2) is 38.7 Å². The number of hydrogen-bond donors (Lipinski definition) is 1. The molecule has 1 unspecified atom stereocenters. The number of nitrogens with two attached hydrogens (primary N) is 1. The zero-order valence-electron chi connectivity index (χ0n) is 12.1. The maximum Gasteiger partial charge on any atom is 0.422 e. The number of pyridine rings is 1. The molecule has 0 aliphatic rings. The van der Waals surface area contributed by atoms with Crippen molar-refractivity contribution in [3.8, 4) is 5.75 Å². The Labute approximate surface area is 129 Å². The molecule has 2 aromatic rings. The highest BCUT2D eigenvalue weighted by Crippen LogP contribution is 2.26. The highest BCUT2D eigenvalue weighted by molar-refractivity contribution is 5.75. The fraction of sp³-hybridized carbons (Fsp3) is 0.385. The quantitative estimate of drug-likeness (QED) is 0.858. The molecule has 2 heterocycles. The second-order valence-electron chi connectivity index (χ2n) is 4.86. The molecule has 2 N–H and O–H groups in total. The van der Waals surface area contributed by atoms with Gasteiger partial charge in [-0.1, -0.05) is 5.21 Å². The molecule has 10 heteroatoms. The zero-order chi connectivity index (χ0) is 17.0. The van der Waals surface area contributed by atoms with Crippen molar-refractivity contribution in [3.05, 3.63) is 35.9 Å². The number of primary amides is 1. The van der Waals surface area contributed by atoms with Crippen LogP contribution in [0.4, 0.5) is 13.2 Å². The van der Waals surface area contributed by atoms with E-state index in [1.165, 1.54) is 16.8 Å². The average Bonchev–Trinajstić information content (AvgIpc) is 2.89. The summed E-state index contributed by atoms with van der Waals surface area (Å²) in [6.45, 7) is -1.40. The molecule has 0 saturated heterocycles. The van der Waals surface area contributed by atoms with Gasteiger partial charge in [-0.2, -0.15) is 13.2 Å². The van der Waals surface area contributed by atoms with E-state index in [1.54, 1.807) is 13.2 Å². The van der Waals surface area contributed by atoms with Gasteiger partial charge in [-0.25, -0.2) is 0 Å². The number of nitrogens with zero attached hydrogens (tertiary/aromatic N) is 4. The fourth-order valence-corrected chi connectivity index (χ4v) is 1.94. The van der Waals surface area contributed by atoms with Crippen molar-refractivity contribution in [3.63, 3.8) is 0 Å². The molecule has 0 spiro atoms. The second-order valence-corrected chi connectivity index (χ2v) is 4.86. The molecule has 0 saturated carbocycles. The minimum absolute atomic E-state index is 0.0250. The Morgan fingerprint density at radius 1 is 1.39 bits per heavy atom. The maximum absolute atomic E-state index is 12.1. The molecule has 0 aromatic carbocycles. The smallest absolute Gasteiger partial charge is 0.422 e. The van der Waals surface area contributed by atoms with Crippen LogP contribution in [0.2, 0.25) is 0 Å². The number of hydrogen-bond acceptors (Lipinski definition) is 5. The lowest BCUT2D eigenvalue weighted by atomic mass is 9.97. The lowest BCUT2D eigenvalue weighted by Gasteiger charge is -2.13. The molecular formula is C13H14F3N5O2. The summed E-state index contributed by atoms with van der Waals surface area (Å²) in [5.41, 5.74) is 6.15. The van der Waals surface area contributed by atoms with Crippen LogP contribution in [0.3, 0.4) is 0 Å². The Morgan fingerprint density at radius 3 is 2.61 bits per heavy atom. The molecule has 7 nitrogen and oxygen atoms in total. The van der Waals surface area contributed by atoms with Crippen molar-refractivity contribution < 1.29 is 22.7 Å². The SMILES string of the molecule is Cn1cc(C(CC(N)=O)c2ccc(OCC(F)(F)F)cn2)nn1. The summed E-state index contributed by atoms with van der Waals surface area (Å²) < 4.78 is 42.4. The van der Waals surface area contributed by atoms with E-state index in [-0.39, 0.29) is 12.2 Å². The van der Waals surface area contributed by atoms with Gasteiger partial charge in [0.2, 0.25) is 5.91 Å². The Bertz CT molecular complexity index is 669. The van der Waals surface area contributed by atoms with Gasteiger partial charge in [0, 0.05) is 19.7 Å². The molecule has 1 amide bonds. The van der Waals surface area contributed by atoms with Crippen LogP contribution in [0, 0.1) is 0 Å². The van der Waals surface area contributed by atoms with Gasteiger partial charge in [0.1, 0.15) is 5.75 Å². The summed E-state index contributed by atoms with van der Waals surface area (Å²) in [6.07, 6.45) is -1.70. The summed E-state index contributed by atoms with van der Waals surface area (Å²) in [5.74, 6) is -1.11. The molecule has 0 fully saturated rings. The second kappa shape index (κ2) is 6.63. The molecule has 2 aromatic heterocycles. The Balaban J connectivity index is 2.17. The first-order valence-corrected chi connectivity index (χ1v) is 6.54. The van der Waals surface area contributed by atoms with Gasteiger partial charge in [-0.15, -0.1) is 5.10 Å². The molecule has 0 aliphatic carbocycles. The molecule has 0 radical (unpaired) electrons. The third kappa shape index (κ3) is 4.94. The molecule has 23 heavy (non-hydrogen) atoms. The van der Waals surface area contributed by atoms with E-state index in [0.717, 1.165) is 6.20 Å². The highest BCUT2D eigenvalue weighted by Gasteiger charge is 2.28. The van der Waals surface area contributed by atoms with Gasteiger partial charge < -0.3 is 10.5 Å². The molecule has 0 aliphatic heterocycles. The van der Waals surface area contributed by atoms with E-state index in [4.69, 9.17) is 5.73 Å². The van der Waals surface area contributed by atoms with Gasteiger partial charge >= 0.3 is 6.18 Å². The first-order valence-electron chi connectivity index (χ1n) is 6.54. The Kier molecular flexibility index (Phi) is 4.82. The fourth-order valence-electron chi connectivity index (χ4n) is 1.94. The van der Waals surface area contributed by atoms with Gasteiger partial charge in [0.15, 0.2) is 6.61 Å². The van der Waals surface area contributed by atoms with E-state index in [0.29, 0.717) is 11.4 Å². The van der Waals surface area contributed by atoms with Crippen LogP contribution in [0.5, 0.6) is 5.75 Å². The van der Waals surface area contributed by atoms with Crippen LogP contribution in [0.1, 0.15) is 23.7 Å². The standard InChI is InChI=1S/C13H14F3N5O2/c1-21-6-11(19-20-21)9(4-12(17)22)10-3-2-8(5-18-10)23-7-13(14,15)16/h2-3,5-6,9H,4,7H2,1H3,(H2,17,22). The van der Waals surface area contributed by atoms with Crippen LogP contribution in [0.15, 0.2) is 24.5 Å². The summed E-state index contributed by atoms with van der Waals surface area (Å²) in [7, 11) is 1.67. The number of aromatic nitrogens is 4. The Morgan fingerprint density at radius 2 is 2.13 bits per heavy atom. The number of aryl methyl sites for hydroxylation is 1. The minimum atomic E-state index is -4.42. The number of carbonyl (C=O) groups excluding carboxylic acids is 1. The van der Waals surface area contributed by atoms with Crippen molar-refractivity contribution in [1.29, 1.82) is 0 Å². The maximum atomic E-state index is 12.1. The summed E-state index contributed by atoms with van der Waals surface area (Å²) >= 11 is 0. The van der Waals surface area contributed by atoms with Crippen LogP contribution in [0.25, 0.3) is 0 Å². The third-order valence-corrected chi connectivity index (χ3v) is 2.90. The number of ether oxygens (including phenoxy) is 1. The predicted molar refractivity (Wildman–Crippen MR) is 72.4 cm³/mol. The van der Waals surface area contributed by atoms with Gasteiger partial charge in [0.25, 0.3) is 0 Å². The van der Waals surface area contributed by atoms with Crippen molar-refractivity contribution in [2.24, 2.45) is 12.8 Å².